The van der Waals surface area contributed by atoms with Crippen molar-refractivity contribution in [3.63, 3.8) is 0 Å². The average molecular weight is 350 g/mol. The monoisotopic (exact) mass is 350 g/mol. The standard InChI is InChI=1S/C19H30N2O4/c1-4-24-16-7-6-15(12-17(16)25-5-2)8-10-21-18(22)19(14-23-3)9-11-20-13-19/h6-7,12,20H,4-5,8-11,13-14H2,1-3H3,(H,21,22). The first kappa shape index (κ1) is 19.5. The first-order chi connectivity index (χ1) is 12.1. The number of benzene rings is 1. The molecule has 2 rings (SSSR count). The molecule has 1 atom stereocenters. The van der Waals surface area contributed by atoms with Crippen LogP contribution in [-0.4, -0.2) is 52.5 Å². The van der Waals surface area contributed by atoms with Crippen LogP contribution in [0.3, 0.4) is 0 Å². The SMILES string of the molecule is CCOc1ccc(CCNC(=O)C2(COC)CCNC2)cc1OCC. The van der Waals surface area contributed by atoms with E-state index in [2.05, 4.69) is 10.6 Å². The quantitative estimate of drug-likeness (QED) is 0.673. The van der Waals surface area contributed by atoms with Crippen LogP contribution in [0.5, 0.6) is 11.5 Å². The second kappa shape index (κ2) is 9.63. The number of amides is 1. The summed E-state index contributed by atoms with van der Waals surface area (Å²) >= 11 is 0. The highest BCUT2D eigenvalue weighted by atomic mass is 16.5. The second-order valence-electron chi connectivity index (χ2n) is 6.29. The summed E-state index contributed by atoms with van der Waals surface area (Å²) in [6.07, 6.45) is 1.55. The van der Waals surface area contributed by atoms with Crippen molar-refractivity contribution in [3.8, 4) is 11.5 Å². The van der Waals surface area contributed by atoms with E-state index in [0.717, 1.165) is 36.4 Å². The van der Waals surface area contributed by atoms with Crippen LogP contribution in [0.1, 0.15) is 25.8 Å². The molecular formula is C19H30N2O4. The van der Waals surface area contributed by atoms with E-state index in [-0.39, 0.29) is 5.91 Å². The van der Waals surface area contributed by atoms with Crippen LogP contribution in [0.2, 0.25) is 0 Å². The summed E-state index contributed by atoms with van der Waals surface area (Å²) in [6, 6.07) is 5.93. The lowest BCUT2D eigenvalue weighted by Crippen LogP contribution is -2.46. The van der Waals surface area contributed by atoms with E-state index in [1.54, 1.807) is 7.11 Å². The van der Waals surface area contributed by atoms with Crippen LogP contribution in [0.4, 0.5) is 0 Å². The van der Waals surface area contributed by atoms with Crippen LogP contribution in [0, 0.1) is 5.41 Å². The number of nitrogens with one attached hydrogen (secondary N) is 2. The Labute approximate surface area is 150 Å². The van der Waals surface area contributed by atoms with E-state index in [0.29, 0.717) is 32.9 Å². The zero-order valence-electron chi connectivity index (χ0n) is 15.5. The van der Waals surface area contributed by atoms with Gasteiger partial charge in [0, 0.05) is 20.2 Å². The topological polar surface area (TPSA) is 68.8 Å². The molecule has 2 N–H and O–H groups in total. The molecule has 1 aliphatic rings. The maximum absolute atomic E-state index is 12.6. The number of hydrogen-bond acceptors (Lipinski definition) is 5. The summed E-state index contributed by atoms with van der Waals surface area (Å²) in [4.78, 5) is 12.6. The first-order valence-corrected chi connectivity index (χ1v) is 9.01. The lowest BCUT2D eigenvalue weighted by atomic mass is 9.87. The molecule has 0 bridgehead atoms. The van der Waals surface area contributed by atoms with Crippen LogP contribution in [-0.2, 0) is 16.0 Å². The fraction of sp³-hybridized carbons (Fsp3) is 0.632. The molecule has 1 aromatic carbocycles. The zero-order chi connectivity index (χ0) is 18.1. The Hall–Kier alpha value is -1.79. The van der Waals surface area contributed by atoms with Crippen LogP contribution < -0.4 is 20.1 Å². The van der Waals surface area contributed by atoms with Crippen LogP contribution >= 0.6 is 0 Å². The maximum Gasteiger partial charge on any atom is 0.229 e. The summed E-state index contributed by atoms with van der Waals surface area (Å²) in [5, 5.41) is 6.31. The minimum Gasteiger partial charge on any atom is -0.490 e. The molecule has 1 heterocycles. The Morgan fingerprint density at radius 2 is 2.00 bits per heavy atom. The molecule has 1 unspecified atom stereocenters. The lowest BCUT2D eigenvalue weighted by Gasteiger charge is -2.26. The third-order valence-corrected chi connectivity index (χ3v) is 4.45. The maximum atomic E-state index is 12.6. The van der Waals surface area contributed by atoms with Gasteiger partial charge in [-0.2, -0.15) is 0 Å². The number of rotatable bonds is 10. The summed E-state index contributed by atoms with van der Waals surface area (Å²) in [5.41, 5.74) is 0.668. The normalized spacial score (nSPS) is 19.6. The summed E-state index contributed by atoms with van der Waals surface area (Å²) in [6.45, 7) is 7.66. The molecule has 25 heavy (non-hydrogen) atoms. The van der Waals surface area contributed by atoms with E-state index < -0.39 is 5.41 Å². The zero-order valence-corrected chi connectivity index (χ0v) is 15.5. The van der Waals surface area contributed by atoms with E-state index in [9.17, 15) is 4.79 Å². The van der Waals surface area contributed by atoms with Crippen molar-refractivity contribution in [2.75, 3.05) is 46.6 Å². The van der Waals surface area contributed by atoms with Gasteiger partial charge in [0.15, 0.2) is 11.5 Å². The van der Waals surface area contributed by atoms with Gasteiger partial charge in [0.2, 0.25) is 5.91 Å². The molecule has 140 valence electrons. The van der Waals surface area contributed by atoms with Crippen molar-refractivity contribution in [3.05, 3.63) is 23.8 Å². The van der Waals surface area contributed by atoms with Crippen molar-refractivity contribution in [1.29, 1.82) is 0 Å². The van der Waals surface area contributed by atoms with E-state index >= 15 is 0 Å². The third kappa shape index (κ3) is 5.09. The first-order valence-electron chi connectivity index (χ1n) is 9.01. The molecular weight excluding hydrogens is 320 g/mol. The molecule has 0 spiro atoms. The molecule has 1 saturated heterocycles. The molecule has 1 aliphatic heterocycles. The minimum atomic E-state index is -0.440. The molecule has 6 nitrogen and oxygen atoms in total. The molecule has 6 heteroatoms. The Morgan fingerprint density at radius 3 is 2.64 bits per heavy atom. The molecule has 0 radical (unpaired) electrons. The van der Waals surface area contributed by atoms with Gasteiger partial charge in [0.25, 0.3) is 0 Å². The highest BCUT2D eigenvalue weighted by molar-refractivity contribution is 5.83. The van der Waals surface area contributed by atoms with Gasteiger partial charge in [-0.05, 0) is 50.9 Å². The predicted molar refractivity (Wildman–Crippen MR) is 97.3 cm³/mol. The summed E-state index contributed by atoms with van der Waals surface area (Å²) < 4.78 is 16.5. The third-order valence-electron chi connectivity index (χ3n) is 4.45. The van der Waals surface area contributed by atoms with Crippen molar-refractivity contribution in [2.24, 2.45) is 5.41 Å². The van der Waals surface area contributed by atoms with E-state index in [1.165, 1.54) is 0 Å². The predicted octanol–water partition coefficient (Wildman–Crippen LogP) is 1.77. The van der Waals surface area contributed by atoms with Gasteiger partial charge in [-0.15, -0.1) is 0 Å². The van der Waals surface area contributed by atoms with E-state index in [1.807, 2.05) is 32.0 Å². The fourth-order valence-electron chi connectivity index (χ4n) is 3.16. The highest BCUT2D eigenvalue weighted by Crippen LogP contribution is 2.29. The van der Waals surface area contributed by atoms with Gasteiger partial charge in [-0.3, -0.25) is 4.79 Å². The van der Waals surface area contributed by atoms with Gasteiger partial charge < -0.3 is 24.8 Å². The number of methoxy groups -OCH3 is 1. The molecule has 0 saturated carbocycles. The number of hydrogen-bond donors (Lipinski definition) is 2. The smallest absolute Gasteiger partial charge is 0.229 e. The van der Waals surface area contributed by atoms with Gasteiger partial charge in [-0.25, -0.2) is 0 Å². The highest BCUT2D eigenvalue weighted by Gasteiger charge is 2.41. The van der Waals surface area contributed by atoms with Gasteiger partial charge in [0.1, 0.15) is 0 Å². The molecule has 0 aromatic heterocycles. The molecule has 1 fully saturated rings. The summed E-state index contributed by atoms with van der Waals surface area (Å²) in [7, 11) is 1.64. The number of carbonyl (C=O) groups excluding carboxylic acids is 1. The van der Waals surface area contributed by atoms with E-state index in [4.69, 9.17) is 14.2 Å². The Morgan fingerprint density at radius 1 is 1.24 bits per heavy atom. The number of carbonyl (C=O) groups is 1. The molecule has 0 aliphatic carbocycles. The lowest BCUT2D eigenvalue weighted by molar-refractivity contribution is -0.132. The molecule has 1 aromatic rings. The van der Waals surface area contributed by atoms with Crippen molar-refractivity contribution >= 4 is 5.91 Å². The molecule has 1 amide bonds. The van der Waals surface area contributed by atoms with Crippen LogP contribution in [0.25, 0.3) is 0 Å². The van der Waals surface area contributed by atoms with Crippen LogP contribution in [0.15, 0.2) is 18.2 Å². The summed E-state index contributed by atoms with van der Waals surface area (Å²) in [5.74, 6) is 1.58. The van der Waals surface area contributed by atoms with Gasteiger partial charge in [-0.1, -0.05) is 6.07 Å². The average Bonchev–Trinajstić information content (AvgIpc) is 3.08. The minimum absolute atomic E-state index is 0.0651. The number of ether oxygens (including phenoxy) is 3. The van der Waals surface area contributed by atoms with Crippen molar-refractivity contribution in [1.82, 2.24) is 10.6 Å². The largest absolute Gasteiger partial charge is 0.490 e. The Bertz CT molecular complexity index is 556. The van der Waals surface area contributed by atoms with Crippen molar-refractivity contribution in [2.45, 2.75) is 26.7 Å². The second-order valence-corrected chi connectivity index (χ2v) is 6.29. The van der Waals surface area contributed by atoms with Gasteiger partial charge >= 0.3 is 0 Å². The fourth-order valence-corrected chi connectivity index (χ4v) is 3.16. The Kier molecular flexibility index (Phi) is 7.52. The van der Waals surface area contributed by atoms with Gasteiger partial charge in [0.05, 0.1) is 25.2 Å². The van der Waals surface area contributed by atoms with Crippen molar-refractivity contribution < 1.29 is 19.0 Å². The Balaban J connectivity index is 1.92.